The summed E-state index contributed by atoms with van der Waals surface area (Å²) in [7, 11) is 0. The Morgan fingerprint density at radius 2 is 2.00 bits per heavy atom. The van der Waals surface area contributed by atoms with Gasteiger partial charge in [0.2, 0.25) is 0 Å². The van der Waals surface area contributed by atoms with Crippen molar-refractivity contribution in [3.8, 4) is 0 Å². The fourth-order valence-electron chi connectivity index (χ4n) is 4.04. The zero-order valence-corrected chi connectivity index (χ0v) is 14.0. The number of hydrogen-bond donors (Lipinski definition) is 1. The highest BCUT2D eigenvalue weighted by Crippen LogP contribution is 2.50. The molecule has 0 aromatic heterocycles. The predicted octanol–water partition coefficient (Wildman–Crippen LogP) is 4.83. The number of rotatable bonds is 3. The molecule has 3 nitrogen and oxygen atoms in total. The van der Waals surface area contributed by atoms with Crippen molar-refractivity contribution in [3.63, 3.8) is 0 Å². The van der Waals surface area contributed by atoms with Crippen LogP contribution < -0.4 is 5.32 Å². The molecule has 0 spiro atoms. The standard InChI is InChI=1S/C21H20FNO2/c1-2-25-21(24)17-11-6-10-15-13-8-5-9-14(13)19(23-20(15)17)16-7-3-4-12-18(16)22/h3-8,10-14,19,23H,2,9H2,1H3/t13-,14-,19-/m0/s1. The third-order valence-corrected chi connectivity index (χ3v) is 5.13. The van der Waals surface area contributed by atoms with Gasteiger partial charge in [0.15, 0.2) is 0 Å². The molecule has 2 aliphatic rings. The predicted molar refractivity (Wildman–Crippen MR) is 95.2 cm³/mol. The molecule has 0 radical (unpaired) electrons. The van der Waals surface area contributed by atoms with Crippen molar-refractivity contribution in [1.82, 2.24) is 0 Å². The van der Waals surface area contributed by atoms with Crippen LogP contribution in [-0.2, 0) is 4.74 Å². The Morgan fingerprint density at radius 1 is 1.20 bits per heavy atom. The lowest BCUT2D eigenvalue weighted by atomic mass is 9.76. The molecule has 2 aromatic carbocycles. The lowest BCUT2D eigenvalue weighted by molar-refractivity contribution is 0.0527. The van der Waals surface area contributed by atoms with Crippen LogP contribution in [-0.4, -0.2) is 12.6 Å². The first kappa shape index (κ1) is 15.9. The Labute approximate surface area is 146 Å². The number of para-hydroxylation sites is 1. The van der Waals surface area contributed by atoms with Gasteiger partial charge in [-0.3, -0.25) is 0 Å². The van der Waals surface area contributed by atoms with E-state index >= 15 is 0 Å². The molecule has 2 aromatic rings. The van der Waals surface area contributed by atoms with E-state index < -0.39 is 0 Å². The summed E-state index contributed by atoms with van der Waals surface area (Å²) in [4.78, 5) is 12.4. The van der Waals surface area contributed by atoms with Gasteiger partial charge in [-0.2, -0.15) is 0 Å². The molecule has 1 N–H and O–H groups in total. The molecular weight excluding hydrogens is 317 g/mol. The molecule has 0 fully saturated rings. The van der Waals surface area contributed by atoms with E-state index in [4.69, 9.17) is 4.74 Å². The van der Waals surface area contributed by atoms with Crippen LogP contribution in [0.2, 0.25) is 0 Å². The molecule has 0 saturated carbocycles. The molecule has 1 aliphatic carbocycles. The topological polar surface area (TPSA) is 38.3 Å². The minimum atomic E-state index is -0.348. The molecule has 4 heteroatoms. The Kier molecular flexibility index (Phi) is 4.04. The third kappa shape index (κ3) is 2.62. The van der Waals surface area contributed by atoms with Crippen LogP contribution in [0.1, 0.15) is 46.8 Å². The van der Waals surface area contributed by atoms with E-state index in [1.165, 1.54) is 6.07 Å². The van der Waals surface area contributed by atoms with E-state index in [1.54, 1.807) is 19.1 Å². The van der Waals surface area contributed by atoms with Gasteiger partial charge in [0.05, 0.1) is 23.9 Å². The average Bonchev–Trinajstić information content (AvgIpc) is 3.11. The number of carbonyl (C=O) groups is 1. The number of anilines is 1. The Morgan fingerprint density at radius 3 is 2.80 bits per heavy atom. The van der Waals surface area contributed by atoms with E-state index in [-0.39, 0.29) is 29.7 Å². The van der Waals surface area contributed by atoms with Crippen LogP contribution in [0, 0.1) is 11.7 Å². The summed E-state index contributed by atoms with van der Waals surface area (Å²) in [5.41, 5.74) is 3.00. The number of allylic oxidation sites excluding steroid dienone is 2. The van der Waals surface area contributed by atoms with Gasteiger partial charge in [0, 0.05) is 11.5 Å². The van der Waals surface area contributed by atoms with Crippen LogP contribution in [0.25, 0.3) is 0 Å². The highest BCUT2D eigenvalue weighted by atomic mass is 19.1. The van der Waals surface area contributed by atoms with E-state index in [0.717, 1.165) is 17.7 Å². The number of halogens is 1. The van der Waals surface area contributed by atoms with Crippen molar-refractivity contribution >= 4 is 11.7 Å². The first-order chi connectivity index (χ1) is 12.2. The number of benzene rings is 2. The average molecular weight is 337 g/mol. The second kappa shape index (κ2) is 6.36. The van der Waals surface area contributed by atoms with Crippen LogP contribution >= 0.6 is 0 Å². The maximum Gasteiger partial charge on any atom is 0.340 e. The molecule has 1 heterocycles. The zero-order valence-electron chi connectivity index (χ0n) is 14.0. The van der Waals surface area contributed by atoms with Gasteiger partial charge < -0.3 is 10.1 Å². The van der Waals surface area contributed by atoms with Gasteiger partial charge in [-0.15, -0.1) is 0 Å². The second-order valence-electron chi connectivity index (χ2n) is 6.49. The molecule has 128 valence electrons. The first-order valence-electron chi connectivity index (χ1n) is 8.68. The summed E-state index contributed by atoms with van der Waals surface area (Å²) >= 11 is 0. The highest BCUT2D eigenvalue weighted by Gasteiger charge is 2.40. The van der Waals surface area contributed by atoms with E-state index in [9.17, 15) is 9.18 Å². The first-order valence-corrected chi connectivity index (χ1v) is 8.68. The van der Waals surface area contributed by atoms with Crippen molar-refractivity contribution in [2.24, 2.45) is 5.92 Å². The van der Waals surface area contributed by atoms with Gasteiger partial charge in [-0.1, -0.05) is 42.5 Å². The fourth-order valence-corrected chi connectivity index (χ4v) is 4.04. The summed E-state index contributed by atoms with van der Waals surface area (Å²) in [5, 5.41) is 3.45. The number of carbonyl (C=O) groups excluding carboxylic acids is 1. The molecule has 0 unspecified atom stereocenters. The minimum Gasteiger partial charge on any atom is -0.462 e. The van der Waals surface area contributed by atoms with Gasteiger partial charge in [0.25, 0.3) is 0 Å². The molecule has 4 rings (SSSR count). The van der Waals surface area contributed by atoms with Gasteiger partial charge in [-0.25, -0.2) is 9.18 Å². The number of hydrogen-bond acceptors (Lipinski definition) is 3. The highest BCUT2D eigenvalue weighted by molar-refractivity contribution is 5.97. The van der Waals surface area contributed by atoms with Crippen LogP contribution in [0.15, 0.2) is 54.6 Å². The number of esters is 1. The summed E-state index contributed by atoms with van der Waals surface area (Å²) in [6.45, 7) is 2.11. The number of ether oxygens (including phenoxy) is 1. The molecule has 25 heavy (non-hydrogen) atoms. The van der Waals surface area contributed by atoms with Gasteiger partial charge in [0.1, 0.15) is 5.82 Å². The van der Waals surface area contributed by atoms with Crippen molar-refractivity contribution in [2.75, 3.05) is 11.9 Å². The molecule has 3 atom stereocenters. The van der Waals surface area contributed by atoms with Crippen molar-refractivity contribution in [1.29, 1.82) is 0 Å². The Balaban J connectivity index is 1.82. The van der Waals surface area contributed by atoms with Gasteiger partial charge in [-0.05, 0) is 37.0 Å². The van der Waals surface area contributed by atoms with Crippen LogP contribution in [0.3, 0.4) is 0 Å². The fraction of sp³-hybridized carbons (Fsp3) is 0.286. The lowest BCUT2D eigenvalue weighted by Gasteiger charge is -2.38. The summed E-state index contributed by atoms with van der Waals surface area (Å²) in [5.74, 6) is -0.153. The maximum atomic E-state index is 14.4. The van der Waals surface area contributed by atoms with Crippen LogP contribution in [0.5, 0.6) is 0 Å². The molecule has 0 amide bonds. The van der Waals surface area contributed by atoms with E-state index in [2.05, 4.69) is 17.5 Å². The monoisotopic (exact) mass is 337 g/mol. The van der Waals surface area contributed by atoms with Crippen molar-refractivity contribution in [3.05, 3.63) is 77.1 Å². The van der Waals surface area contributed by atoms with E-state index in [0.29, 0.717) is 17.7 Å². The van der Waals surface area contributed by atoms with E-state index in [1.807, 2.05) is 24.3 Å². The number of fused-ring (bicyclic) bond motifs is 3. The summed E-state index contributed by atoms with van der Waals surface area (Å²) in [6.07, 6.45) is 5.21. The smallest absolute Gasteiger partial charge is 0.340 e. The van der Waals surface area contributed by atoms with Crippen molar-refractivity contribution in [2.45, 2.75) is 25.3 Å². The SMILES string of the molecule is CCOC(=O)c1cccc2c1N[C@H](c1ccccc1F)[C@H]1CC=C[C@H]21. The minimum absolute atomic E-state index is 0.176. The Hall–Kier alpha value is -2.62. The normalized spacial score (nSPS) is 23.5. The maximum absolute atomic E-state index is 14.4. The molecular formula is C21H20FNO2. The summed E-state index contributed by atoms with van der Waals surface area (Å²) < 4.78 is 19.6. The molecule has 0 bridgehead atoms. The van der Waals surface area contributed by atoms with Crippen molar-refractivity contribution < 1.29 is 13.9 Å². The zero-order chi connectivity index (χ0) is 17.4. The second-order valence-corrected chi connectivity index (χ2v) is 6.49. The number of nitrogens with one attached hydrogen (secondary N) is 1. The lowest BCUT2D eigenvalue weighted by Crippen LogP contribution is -2.31. The third-order valence-electron chi connectivity index (χ3n) is 5.13. The molecule has 1 aliphatic heterocycles. The molecule has 0 saturated heterocycles. The summed E-state index contributed by atoms with van der Waals surface area (Å²) in [6, 6.07) is 12.4. The van der Waals surface area contributed by atoms with Crippen LogP contribution in [0.4, 0.5) is 10.1 Å². The van der Waals surface area contributed by atoms with Gasteiger partial charge >= 0.3 is 5.97 Å². The largest absolute Gasteiger partial charge is 0.462 e. The quantitative estimate of drug-likeness (QED) is 0.644. The Bertz CT molecular complexity index is 846.